The minimum absolute atomic E-state index is 0.167. The third kappa shape index (κ3) is 3.49. The van der Waals surface area contributed by atoms with E-state index in [0.717, 1.165) is 12.2 Å². The summed E-state index contributed by atoms with van der Waals surface area (Å²) in [6, 6.07) is 15.5. The van der Waals surface area contributed by atoms with Crippen molar-refractivity contribution >= 4 is 11.6 Å². The minimum atomic E-state index is 0.167. The second-order valence-corrected chi connectivity index (χ2v) is 4.77. The molecule has 0 spiro atoms. The molecule has 0 amide bonds. The van der Waals surface area contributed by atoms with Crippen LogP contribution in [0, 0.1) is 0 Å². The highest BCUT2D eigenvalue weighted by Gasteiger charge is 2.02. The molecule has 0 radical (unpaired) electrons. The molecule has 0 saturated carbocycles. The van der Waals surface area contributed by atoms with Crippen molar-refractivity contribution in [3.05, 3.63) is 59.1 Å². The van der Waals surface area contributed by atoms with Crippen LogP contribution in [0.5, 0.6) is 11.5 Å². The van der Waals surface area contributed by atoms with Crippen molar-refractivity contribution in [2.75, 3.05) is 0 Å². The van der Waals surface area contributed by atoms with Crippen molar-refractivity contribution in [1.29, 1.82) is 0 Å². The molecule has 2 N–H and O–H groups in total. The topological polar surface area (TPSA) is 35.2 Å². The van der Waals surface area contributed by atoms with E-state index in [1.165, 1.54) is 5.56 Å². The maximum Gasteiger partial charge on any atom is 0.146 e. The Labute approximate surface area is 112 Å². The third-order valence-electron chi connectivity index (χ3n) is 2.55. The summed E-state index contributed by atoms with van der Waals surface area (Å²) in [7, 11) is 0. The molecule has 18 heavy (non-hydrogen) atoms. The van der Waals surface area contributed by atoms with E-state index in [4.69, 9.17) is 22.1 Å². The standard InChI is InChI=1S/C15H16ClNO/c1-11(17)10-12-6-8-13(9-7-12)18-15-5-3-2-4-14(15)16/h2-9,11H,10,17H2,1H3. The summed E-state index contributed by atoms with van der Waals surface area (Å²) in [4.78, 5) is 0. The van der Waals surface area contributed by atoms with Crippen molar-refractivity contribution in [3.63, 3.8) is 0 Å². The number of ether oxygens (including phenoxy) is 1. The zero-order chi connectivity index (χ0) is 13.0. The van der Waals surface area contributed by atoms with E-state index in [1.807, 2.05) is 49.4 Å². The Morgan fingerprint density at radius 1 is 1.11 bits per heavy atom. The van der Waals surface area contributed by atoms with E-state index >= 15 is 0 Å². The fraction of sp³-hybridized carbons (Fsp3) is 0.200. The lowest BCUT2D eigenvalue weighted by atomic mass is 10.1. The summed E-state index contributed by atoms with van der Waals surface area (Å²) in [5.74, 6) is 1.44. The first kappa shape index (κ1) is 12.9. The molecule has 0 aliphatic carbocycles. The van der Waals surface area contributed by atoms with Crippen molar-refractivity contribution < 1.29 is 4.74 Å². The van der Waals surface area contributed by atoms with Crippen LogP contribution >= 0.6 is 11.6 Å². The molecule has 2 aromatic rings. The number of nitrogens with two attached hydrogens (primary N) is 1. The van der Waals surface area contributed by atoms with Crippen LogP contribution < -0.4 is 10.5 Å². The first-order valence-corrected chi connectivity index (χ1v) is 6.30. The Bertz CT molecular complexity index is 508. The van der Waals surface area contributed by atoms with E-state index in [1.54, 1.807) is 6.07 Å². The van der Waals surface area contributed by atoms with E-state index in [-0.39, 0.29) is 6.04 Å². The minimum Gasteiger partial charge on any atom is -0.456 e. The molecule has 0 fully saturated rings. The van der Waals surface area contributed by atoms with Gasteiger partial charge < -0.3 is 10.5 Å². The Balaban J connectivity index is 2.09. The van der Waals surface area contributed by atoms with Crippen LogP contribution in [0.25, 0.3) is 0 Å². The predicted molar refractivity (Wildman–Crippen MR) is 75.3 cm³/mol. The van der Waals surface area contributed by atoms with Crippen LogP contribution in [-0.2, 0) is 6.42 Å². The van der Waals surface area contributed by atoms with Crippen LogP contribution in [0.4, 0.5) is 0 Å². The molecule has 2 rings (SSSR count). The van der Waals surface area contributed by atoms with Crippen LogP contribution in [-0.4, -0.2) is 6.04 Å². The molecule has 0 aliphatic rings. The van der Waals surface area contributed by atoms with E-state index < -0.39 is 0 Å². The molecule has 2 nitrogen and oxygen atoms in total. The number of para-hydroxylation sites is 1. The number of benzene rings is 2. The average Bonchev–Trinajstić information content (AvgIpc) is 2.34. The second-order valence-electron chi connectivity index (χ2n) is 4.36. The maximum atomic E-state index is 6.03. The average molecular weight is 262 g/mol. The van der Waals surface area contributed by atoms with Crippen LogP contribution in [0.1, 0.15) is 12.5 Å². The van der Waals surface area contributed by atoms with Crippen molar-refractivity contribution in [2.45, 2.75) is 19.4 Å². The fourth-order valence-electron chi connectivity index (χ4n) is 1.72. The Kier molecular flexibility index (Phi) is 4.24. The fourth-order valence-corrected chi connectivity index (χ4v) is 1.89. The van der Waals surface area contributed by atoms with Gasteiger partial charge in [0.25, 0.3) is 0 Å². The van der Waals surface area contributed by atoms with Gasteiger partial charge in [-0.15, -0.1) is 0 Å². The van der Waals surface area contributed by atoms with Gasteiger partial charge in [0.15, 0.2) is 0 Å². The van der Waals surface area contributed by atoms with E-state index in [2.05, 4.69) is 0 Å². The van der Waals surface area contributed by atoms with Gasteiger partial charge in [-0.1, -0.05) is 35.9 Å². The number of rotatable bonds is 4. The van der Waals surface area contributed by atoms with Crippen molar-refractivity contribution in [3.8, 4) is 11.5 Å². The molecule has 0 saturated heterocycles. The lowest BCUT2D eigenvalue weighted by Gasteiger charge is -2.09. The number of halogens is 1. The summed E-state index contributed by atoms with van der Waals surface area (Å²) >= 11 is 6.03. The first-order chi connectivity index (χ1) is 8.65. The monoisotopic (exact) mass is 261 g/mol. The van der Waals surface area contributed by atoms with Gasteiger partial charge in [0.1, 0.15) is 11.5 Å². The highest BCUT2D eigenvalue weighted by atomic mass is 35.5. The summed E-state index contributed by atoms with van der Waals surface area (Å²) in [6.45, 7) is 1.99. The van der Waals surface area contributed by atoms with Gasteiger partial charge in [-0.25, -0.2) is 0 Å². The first-order valence-electron chi connectivity index (χ1n) is 5.92. The van der Waals surface area contributed by atoms with Crippen molar-refractivity contribution in [2.24, 2.45) is 5.73 Å². The van der Waals surface area contributed by atoms with Crippen molar-refractivity contribution in [1.82, 2.24) is 0 Å². The van der Waals surface area contributed by atoms with Gasteiger partial charge >= 0.3 is 0 Å². The zero-order valence-electron chi connectivity index (χ0n) is 10.3. The number of hydrogen-bond acceptors (Lipinski definition) is 2. The molecule has 0 aliphatic heterocycles. The molecule has 3 heteroatoms. The predicted octanol–water partition coefficient (Wildman–Crippen LogP) is 4.02. The third-order valence-corrected chi connectivity index (χ3v) is 2.86. The highest BCUT2D eigenvalue weighted by Crippen LogP contribution is 2.28. The lowest BCUT2D eigenvalue weighted by molar-refractivity contribution is 0.482. The van der Waals surface area contributed by atoms with E-state index in [9.17, 15) is 0 Å². The summed E-state index contributed by atoms with van der Waals surface area (Å²) in [5.41, 5.74) is 6.96. The van der Waals surface area contributed by atoms with Crippen LogP contribution in [0.3, 0.4) is 0 Å². The molecule has 0 heterocycles. The van der Waals surface area contributed by atoms with E-state index in [0.29, 0.717) is 10.8 Å². The lowest BCUT2D eigenvalue weighted by Crippen LogP contribution is -2.17. The summed E-state index contributed by atoms with van der Waals surface area (Å²) in [6.07, 6.45) is 0.867. The molecule has 0 bridgehead atoms. The van der Waals surface area contributed by atoms with Gasteiger partial charge in [-0.3, -0.25) is 0 Å². The van der Waals surface area contributed by atoms with Gasteiger partial charge in [-0.2, -0.15) is 0 Å². The summed E-state index contributed by atoms with van der Waals surface area (Å²) in [5, 5.41) is 0.608. The van der Waals surface area contributed by atoms with Gasteiger partial charge in [0, 0.05) is 6.04 Å². The Morgan fingerprint density at radius 3 is 2.39 bits per heavy atom. The molecule has 2 aromatic carbocycles. The Morgan fingerprint density at radius 2 is 1.78 bits per heavy atom. The highest BCUT2D eigenvalue weighted by molar-refractivity contribution is 6.32. The molecular weight excluding hydrogens is 246 g/mol. The molecule has 94 valence electrons. The molecular formula is C15H16ClNO. The molecule has 0 aromatic heterocycles. The molecule has 1 atom stereocenters. The summed E-state index contributed by atoms with van der Waals surface area (Å²) < 4.78 is 5.71. The number of hydrogen-bond donors (Lipinski definition) is 1. The van der Waals surface area contributed by atoms with Gasteiger partial charge in [0.05, 0.1) is 5.02 Å². The smallest absolute Gasteiger partial charge is 0.146 e. The van der Waals surface area contributed by atoms with Gasteiger partial charge in [-0.05, 0) is 43.2 Å². The van der Waals surface area contributed by atoms with Gasteiger partial charge in [0.2, 0.25) is 0 Å². The normalized spacial score (nSPS) is 12.2. The Hall–Kier alpha value is -1.51. The maximum absolute atomic E-state index is 6.03. The SMILES string of the molecule is CC(N)Cc1ccc(Oc2ccccc2Cl)cc1. The second kappa shape index (κ2) is 5.89. The quantitative estimate of drug-likeness (QED) is 0.902. The van der Waals surface area contributed by atoms with Crippen LogP contribution in [0.2, 0.25) is 5.02 Å². The van der Waals surface area contributed by atoms with Crippen LogP contribution in [0.15, 0.2) is 48.5 Å². The largest absolute Gasteiger partial charge is 0.456 e. The zero-order valence-corrected chi connectivity index (χ0v) is 11.0. The molecule has 1 unspecified atom stereocenters.